The van der Waals surface area contributed by atoms with Gasteiger partial charge in [-0.2, -0.15) is 0 Å². The van der Waals surface area contributed by atoms with Gasteiger partial charge in [-0.05, 0) is 134 Å². The molecule has 0 radical (unpaired) electrons. The molecule has 0 heterocycles. The van der Waals surface area contributed by atoms with E-state index < -0.39 is 0 Å². The Hall–Kier alpha value is -6.38. The van der Waals surface area contributed by atoms with Gasteiger partial charge in [0.25, 0.3) is 0 Å². The minimum Gasteiger partial charge on any atom is -0.310 e. The van der Waals surface area contributed by atoms with Crippen molar-refractivity contribution in [3.8, 4) is 22.3 Å². The summed E-state index contributed by atoms with van der Waals surface area (Å²) in [5.41, 5.74) is 17.4. The summed E-state index contributed by atoms with van der Waals surface area (Å²) in [5, 5.41) is 2.73. The molecule has 0 spiro atoms. The Morgan fingerprint density at radius 3 is 1.22 bits per heavy atom. The minimum atomic E-state index is -0.211. The van der Waals surface area contributed by atoms with E-state index in [1.807, 2.05) is 0 Å². The van der Waals surface area contributed by atoms with E-state index in [1.165, 1.54) is 61.0 Å². The first kappa shape index (κ1) is 32.3. The van der Waals surface area contributed by atoms with Crippen LogP contribution in [0.2, 0.25) is 0 Å². The molecule has 0 amide bonds. The highest BCUT2D eigenvalue weighted by molar-refractivity contribution is 6.13. The molecule has 0 atom stereocenters. The Kier molecular flexibility index (Phi) is 7.22. The van der Waals surface area contributed by atoms with Crippen LogP contribution in [0.15, 0.2) is 182 Å². The van der Waals surface area contributed by atoms with Gasteiger partial charge in [0.1, 0.15) is 0 Å². The SMILES string of the molecule is CC1(C)c2cc(N(c3ccccc3)c3ccccc3)ccc2-c2c1cc1c3c(cccc23)C(C)(C)c2cc(N(c3ccccc3)c3ccccc3)ccc2-1. The van der Waals surface area contributed by atoms with Crippen LogP contribution in [0.1, 0.15) is 49.9 Å². The molecule has 2 heteroatoms. The predicted molar refractivity (Wildman–Crippen MR) is 228 cm³/mol. The molecule has 10 rings (SSSR count). The van der Waals surface area contributed by atoms with Gasteiger partial charge in [-0.15, -0.1) is 0 Å². The van der Waals surface area contributed by atoms with Gasteiger partial charge in [-0.25, -0.2) is 0 Å². The predicted octanol–water partition coefficient (Wildman–Crippen LogP) is 14.4. The zero-order valence-corrected chi connectivity index (χ0v) is 31.2. The van der Waals surface area contributed by atoms with Crippen molar-refractivity contribution in [2.75, 3.05) is 9.80 Å². The molecule has 2 aliphatic rings. The third kappa shape index (κ3) is 4.80. The standard InChI is InChI=1S/C52H42N2/c1-51(2)45-27-17-26-43-49-42-31-29-40(54(37-22-13-7-14-23-37)38-24-15-8-16-25-38)33-47(42)52(3,4)48(49)34-44(50(43)45)41-30-28-39(32-46(41)51)53(35-18-9-5-10-19-35)36-20-11-6-12-21-36/h5-34H,1-4H3. The van der Waals surface area contributed by atoms with Crippen molar-refractivity contribution < 1.29 is 0 Å². The molecule has 2 aliphatic carbocycles. The van der Waals surface area contributed by atoms with E-state index in [1.54, 1.807) is 0 Å². The van der Waals surface area contributed by atoms with Gasteiger partial charge < -0.3 is 9.80 Å². The van der Waals surface area contributed by atoms with Gasteiger partial charge in [0.05, 0.1) is 0 Å². The first-order valence-electron chi connectivity index (χ1n) is 19.0. The monoisotopic (exact) mass is 694 g/mol. The Bertz CT molecular complexity index is 2620. The van der Waals surface area contributed by atoms with Gasteiger partial charge in [0, 0.05) is 45.0 Å². The lowest BCUT2D eigenvalue weighted by atomic mass is 9.67. The number of hydrogen-bond donors (Lipinski definition) is 0. The Morgan fingerprint density at radius 2 is 0.741 bits per heavy atom. The Morgan fingerprint density at radius 1 is 0.315 bits per heavy atom. The van der Waals surface area contributed by atoms with E-state index >= 15 is 0 Å². The molecule has 54 heavy (non-hydrogen) atoms. The highest BCUT2D eigenvalue weighted by Crippen LogP contribution is 2.58. The average Bonchev–Trinajstić information content (AvgIpc) is 3.44. The first-order valence-corrected chi connectivity index (χ1v) is 19.0. The lowest BCUT2D eigenvalue weighted by Crippen LogP contribution is -2.25. The maximum atomic E-state index is 2.53. The van der Waals surface area contributed by atoms with E-state index in [9.17, 15) is 0 Å². The second-order valence-electron chi connectivity index (χ2n) is 15.8. The quantitative estimate of drug-likeness (QED) is 0.171. The van der Waals surface area contributed by atoms with E-state index in [4.69, 9.17) is 0 Å². The van der Waals surface area contributed by atoms with Gasteiger partial charge >= 0.3 is 0 Å². The van der Waals surface area contributed by atoms with Crippen molar-refractivity contribution in [2.45, 2.75) is 38.5 Å². The number of fused-ring (bicyclic) bond motifs is 6. The smallest absolute Gasteiger partial charge is 0.0465 e. The molecular weight excluding hydrogens is 653 g/mol. The van der Waals surface area contributed by atoms with Crippen LogP contribution in [-0.2, 0) is 10.8 Å². The molecule has 0 aliphatic heterocycles. The van der Waals surface area contributed by atoms with Crippen molar-refractivity contribution in [1.29, 1.82) is 0 Å². The molecular formula is C52H42N2. The topological polar surface area (TPSA) is 6.48 Å². The van der Waals surface area contributed by atoms with Crippen LogP contribution in [0, 0.1) is 0 Å². The zero-order valence-electron chi connectivity index (χ0n) is 31.2. The molecule has 8 aromatic rings. The van der Waals surface area contributed by atoms with Gasteiger partial charge in [-0.1, -0.05) is 131 Å². The third-order valence-corrected chi connectivity index (χ3v) is 12.0. The summed E-state index contributed by atoms with van der Waals surface area (Å²) in [4.78, 5) is 4.75. The summed E-state index contributed by atoms with van der Waals surface area (Å²) >= 11 is 0. The summed E-state index contributed by atoms with van der Waals surface area (Å²) in [6.45, 7) is 9.63. The number of para-hydroxylation sites is 4. The van der Waals surface area contributed by atoms with E-state index in [0.717, 1.165) is 28.4 Å². The van der Waals surface area contributed by atoms with Crippen LogP contribution < -0.4 is 9.80 Å². The summed E-state index contributed by atoms with van der Waals surface area (Å²) in [7, 11) is 0. The fraction of sp³-hybridized carbons (Fsp3) is 0.115. The largest absolute Gasteiger partial charge is 0.310 e. The van der Waals surface area contributed by atoms with E-state index in [0.29, 0.717) is 0 Å². The normalized spacial score (nSPS) is 14.2. The molecule has 0 saturated heterocycles. The fourth-order valence-electron chi connectivity index (χ4n) is 9.32. The number of rotatable bonds is 6. The van der Waals surface area contributed by atoms with Crippen molar-refractivity contribution in [2.24, 2.45) is 0 Å². The molecule has 0 saturated carbocycles. The number of nitrogens with zero attached hydrogens (tertiary/aromatic N) is 2. The van der Waals surface area contributed by atoms with Crippen molar-refractivity contribution in [3.63, 3.8) is 0 Å². The maximum absolute atomic E-state index is 2.53. The Balaban J connectivity index is 1.16. The second-order valence-corrected chi connectivity index (χ2v) is 15.8. The average molecular weight is 695 g/mol. The van der Waals surface area contributed by atoms with Crippen molar-refractivity contribution in [3.05, 3.63) is 204 Å². The number of benzene rings is 8. The Labute approximate surface area is 318 Å². The summed E-state index contributed by atoms with van der Waals surface area (Å²) < 4.78 is 0. The zero-order chi connectivity index (χ0) is 36.6. The van der Waals surface area contributed by atoms with E-state index in [-0.39, 0.29) is 10.8 Å². The molecule has 2 nitrogen and oxygen atoms in total. The fourth-order valence-corrected chi connectivity index (χ4v) is 9.32. The van der Waals surface area contributed by atoms with Crippen LogP contribution in [0.3, 0.4) is 0 Å². The summed E-state index contributed by atoms with van der Waals surface area (Å²) in [5.74, 6) is 0. The lowest BCUT2D eigenvalue weighted by molar-refractivity contribution is 0.644. The van der Waals surface area contributed by atoms with Crippen LogP contribution >= 0.6 is 0 Å². The number of anilines is 6. The lowest BCUT2D eigenvalue weighted by Gasteiger charge is -2.37. The maximum Gasteiger partial charge on any atom is 0.0465 e. The van der Waals surface area contributed by atoms with Crippen molar-refractivity contribution in [1.82, 2.24) is 0 Å². The van der Waals surface area contributed by atoms with Crippen LogP contribution in [0.4, 0.5) is 34.1 Å². The molecule has 0 fully saturated rings. The molecule has 8 aromatic carbocycles. The number of hydrogen-bond acceptors (Lipinski definition) is 2. The van der Waals surface area contributed by atoms with Crippen LogP contribution in [0.25, 0.3) is 33.0 Å². The highest BCUT2D eigenvalue weighted by atomic mass is 15.1. The minimum absolute atomic E-state index is 0.203. The molecule has 260 valence electrons. The van der Waals surface area contributed by atoms with Gasteiger partial charge in [0.2, 0.25) is 0 Å². The highest BCUT2D eigenvalue weighted by Gasteiger charge is 2.41. The molecule has 0 unspecified atom stereocenters. The second kappa shape index (κ2) is 12.1. The first-order chi connectivity index (χ1) is 26.3. The van der Waals surface area contributed by atoms with Gasteiger partial charge in [-0.3, -0.25) is 0 Å². The molecule has 0 aromatic heterocycles. The third-order valence-electron chi connectivity index (χ3n) is 12.0. The van der Waals surface area contributed by atoms with Crippen LogP contribution in [0.5, 0.6) is 0 Å². The molecule has 0 bridgehead atoms. The van der Waals surface area contributed by atoms with Gasteiger partial charge in [0.15, 0.2) is 0 Å². The summed E-state index contributed by atoms with van der Waals surface area (Å²) in [6, 6.07) is 66.7. The summed E-state index contributed by atoms with van der Waals surface area (Å²) in [6.07, 6.45) is 0. The van der Waals surface area contributed by atoms with Crippen LogP contribution in [-0.4, -0.2) is 0 Å². The molecule has 0 N–H and O–H groups in total. The van der Waals surface area contributed by atoms with E-state index in [2.05, 4.69) is 219 Å². The van der Waals surface area contributed by atoms with Crippen molar-refractivity contribution >= 4 is 44.9 Å².